The van der Waals surface area contributed by atoms with Gasteiger partial charge in [-0.05, 0) is 58.7 Å². The van der Waals surface area contributed by atoms with Crippen molar-refractivity contribution in [2.45, 2.75) is 24.6 Å². The minimum absolute atomic E-state index is 0.540. The summed E-state index contributed by atoms with van der Waals surface area (Å²) in [4.78, 5) is 13.8. The summed E-state index contributed by atoms with van der Waals surface area (Å²) in [6.07, 6.45) is 0. The lowest BCUT2D eigenvalue weighted by Crippen LogP contribution is -2.41. The van der Waals surface area contributed by atoms with Gasteiger partial charge in [0.2, 0.25) is 0 Å². The standard InChI is InChI=1S/C28H26Cl6N6S2/c29-21-3-1-17(5-23(21)31)9-39-13-35-27(36-14-39)41-11-19-7-25(33)26(34)8-20(19)12-42-28-37-15-40(16-38-28)10-18-2-4-22(30)24(32)6-18/h1-8H,9-16H2,(H,35,36)(H,37,38). The number of hydrogen-bond acceptors (Lipinski definition) is 8. The average Bonchev–Trinajstić information content (AvgIpc) is 2.98. The number of thioether (sulfide) groups is 2. The molecule has 0 bridgehead atoms. The SMILES string of the molecule is Clc1ccc(CN2CN=C(SCc3cc(Cl)c(Cl)cc3CSC3=NCN(Cc4ccc(Cl)c(Cl)c4)CN3)NC2)cc1Cl. The van der Waals surface area contributed by atoms with Crippen molar-refractivity contribution in [3.8, 4) is 0 Å². The summed E-state index contributed by atoms with van der Waals surface area (Å²) in [5.41, 5.74) is 4.41. The van der Waals surface area contributed by atoms with Crippen molar-refractivity contribution in [2.75, 3.05) is 26.7 Å². The summed E-state index contributed by atoms with van der Waals surface area (Å²) in [5.74, 6) is 1.42. The molecule has 0 saturated heterocycles. The van der Waals surface area contributed by atoms with Crippen LogP contribution in [0.5, 0.6) is 0 Å². The van der Waals surface area contributed by atoms with Gasteiger partial charge in [0.25, 0.3) is 0 Å². The molecule has 5 rings (SSSR count). The first-order valence-corrected chi connectivity index (χ1v) is 17.1. The monoisotopic (exact) mass is 720 g/mol. The van der Waals surface area contributed by atoms with E-state index in [0.29, 0.717) is 68.3 Å². The smallest absolute Gasteiger partial charge is 0.159 e. The van der Waals surface area contributed by atoms with Gasteiger partial charge < -0.3 is 10.6 Å². The molecule has 3 aromatic rings. The Kier molecular flexibility index (Phi) is 11.8. The highest BCUT2D eigenvalue weighted by molar-refractivity contribution is 8.13. The van der Waals surface area contributed by atoms with Crippen molar-refractivity contribution >= 4 is 103 Å². The van der Waals surface area contributed by atoms with E-state index in [2.05, 4.69) is 20.4 Å². The van der Waals surface area contributed by atoms with Crippen LogP contribution in [0.25, 0.3) is 0 Å². The Bertz CT molecular complexity index is 1390. The van der Waals surface area contributed by atoms with Gasteiger partial charge in [-0.15, -0.1) is 0 Å². The fourth-order valence-corrected chi connectivity index (χ4v) is 7.05. The summed E-state index contributed by atoms with van der Waals surface area (Å²) < 4.78 is 0. The maximum Gasteiger partial charge on any atom is 0.159 e. The zero-order valence-corrected chi connectivity index (χ0v) is 28.3. The highest BCUT2D eigenvalue weighted by Crippen LogP contribution is 2.31. The lowest BCUT2D eigenvalue weighted by atomic mass is 10.1. The van der Waals surface area contributed by atoms with Crippen LogP contribution in [0.1, 0.15) is 22.3 Å². The van der Waals surface area contributed by atoms with Crippen molar-refractivity contribution in [3.05, 3.63) is 101 Å². The van der Waals surface area contributed by atoms with Crippen LogP contribution in [0.15, 0.2) is 58.5 Å². The van der Waals surface area contributed by atoms with Gasteiger partial charge in [0.15, 0.2) is 10.3 Å². The Hall–Kier alpha value is -1.04. The highest BCUT2D eigenvalue weighted by Gasteiger charge is 2.17. The van der Waals surface area contributed by atoms with E-state index in [0.717, 1.165) is 45.7 Å². The third kappa shape index (κ3) is 9.00. The van der Waals surface area contributed by atoms with Gasteiger partial charge in [0, 0.05) is 24.6 Å². The molecule has 222 valence electrons. The molecule has 2 heterocycles. The Morgan fingerprint density at radius 3 is 1.33 bits per heavy atom. The first-order chi connectivity index (χ1) is 20.2. The van der Waals surface area contributed by atoms with Gasteiger partial charge in [-0.3, -0.25) is 9.80 Å². The molecule has 2 aliphatic heterocycles. The van der Waals surface area contributed by atoms with E-state index < -0.39 is 0 Å². The molecule has 0 aromatic heterocycles. The van der Waals surface area contributed by atoms with Crippen molar-refractivity contribution < 1.29 is 0 Å². The number of nitrogens with one attached hydrogen (secondary N) is 2. The molecule has 2 aliphatic rings. The van der Waals surface area contributed by atoms with Gasteiger partial charge in [0.05, 0.1) is 56.8 Å². The third-order valence-corrected chi connectivity index (χ3v) is 10.7. The van der Waals surface area contributed by atoms with Crippen LogP contribution in [0.2, 0.25) is 30.1 Å². The summed E-state index contributed by atoms with van der Waals surface area (Å²) in [7, 11) is 0. The molecule has 0 aliphatic carbocycles. The summed E-state index contributed by atoms with van der Waals surface area (Å²) in [5, 5.41) is 11.9. The van der Waals surface area contributed by atoms with E-state index >= 15 is 0 Å². The first kappa shape index (κ1) is 32.4. The number of nitrogens with zero attached hydrogens (tertiary/aromatic N) is 4. The molecule has 0 amide bonds. The van der Waals surface area contributed by atoms with Gasteiger partial charge in [-0.1, -0.05) is 105 Å². The average molecular weight is 723 g/mol. The van der Waals surface area contributed by atoms with E-state index in [4.69, 9.17) is 79.6 Å². The van der Waals surface area contributed by atoms with Gasteiger partial charge >= 0.3 is 0 Å². The molecule has 0 spiro atoms. The van der Waals surface area contributed by atoms with Crippen molar-refractivity contribution in [1.29, 1.82) is 0 Å². The number of rotatable bonds is 8. The van der Waals surface area contributed by atoms with Crippen molar-refractivity contribution in [2.24, 2.45) is 9.98 Å². The van der Waals surface area contributed by atoms with E-state index in [9.17, 15) is 0 Å². The van der Waals surface area contributed by atoms with Crippen LogP contribution in [0.3, 0.4) is 0 Å². The highest BCUT2D eigenvalue weighted by atomic mass is 35.5. The van der Waals surface area contributed by atoms with Crippen molar-refractivity contribution in [1.82, 2.24) is 20.4 Å². The third-order valence-electron chi connectivity index (χ3n) is 6.49. The van der Waals surface area contributed by atoms with Crippen LogP contribution < -0.4 is 10.6 Å². The topological polar surface area (TPSA) is 55.3 Å². The quantitative estimate of drug-likeness (QED) is 0.243. The summed E-state index contributed by atoms with van der Waals surface area (Å²) in [6.45, 7) is 4.00. The maximum absolute atomic E-state index is 6.40. The van der Waals surface area contributed by atoms with E-state index in [1.165, 1.54) is 0 Å². The minimum Gasteiger partial charge on any atom is -0.352 e. The predicted molar refractivity (Wildman–Crippen MR) is 184 cm³/mol. The number of amidine groups is 2. The molecule has 0 saturated carbocycles. The second-order valence-electron chi connectivity index (χ2n) is 9.65. The van der Waals surface area contributed by atoms with E-state index in [-0.39, 0.29) is 0 Å². The summed E-state index contributed by atoms with van der Waals surface area (Å²) >= 11 is 40.5. The lowest BCUT2D eigenvalue weighted by molar-refractivity contribution is 0.258. The van der Waals surface area contributed by atoms with E-state index in [1.54, 1.807) is 23.5 Å². The van der Waals surface area contributed by atoms with Crippen LogP contribution >= 0.6 is 93.1 Å². The molecule has 0 unspecified atom stereocenters. The molecule has 42 heavy (non-hydrogen) atoms. The zero-order valence-electron chi connectivity index (χ0n) is 22.1. The fraction of sp³-hybridized carbons (Fsp3) is 0.286. The van der Waals surface area contributed by atoms with Crippen LogP contribution in [0.4, 0.5) is 0 Å². The second-order valence-corrected chi connectivity index (χ2v) is 14.0. The van der Waals surface area contributed by atoms with Gasteiger partial charge in [-0.2, -0.15) is 0 Å². The van der Waals surface area contributed by atoms with Crippen LogP contribution in [-0.4, -0.2) is 46.8 Å². The van der Waals surface area contributed by atoms with E-state index in [1.807, 2.05) is 48.5 Å². The number of aliphatic imine (C=N–C) groups is 2. The lowest BCUT2D eigenvalue weighted by Gasteiger charge is -2.27. The molecule has 14 heteroatoms. The minimum atomic E-state index is 0.540. The second kappa shape index (κ2) is 15.3. The molecule has 0 radical (unpaired) electrons. The molecule has 0 fully saturated rings. The fourth-order valence-electron chi connectivity index (χ4n) is 4.29. The molecular weight excluding hydrogens is 697 g/mol. The largest absolute Gasteiger partial charge is 0.352 e. The maximum atomic E-state index is 6.40. The number of benzene rings is 3. The molecular formula is C28H26Cl6N6S2. The van der Waals surface area contributed by atoms with Gasteiger partial charge in [-0.25, -0.2) is 9.98 Å². The Labute approximate surface area is 284 Å². The normalized spacial score (nSPS) is 16.0. The number of hydrogen-bond donors (Lipinski definition) is 2. The molecule has 6 nitrogen and oxygen atoms in total. The molecule has 0 atom stereocenters. The predicted octanol–water partition coefficient (Wildman–Crippen LogP) is 8.83. The molecule has 2 N–H and O–H groups in total. The Morgan fingerprint density at radius 2 is 0.976 bits per heavy atom. The first-order valence-electron chi connectivity index (χ1n) is 12.8. The molecule has 3 aromatic carbocycles. The Balaban J connectivity index is 1.13. The van der Waals surface area contributed by atoms with Gasteiger partial charge in [0.1, 0.15) is 0 Å². The zero-order chi connectivity index (χ0) is 29.6. The Morgan fingerprint density at radius 1 is 0.571 bits per heavy atom. The van der Waals surface area contributed by atoms with Crippen LogP contribution in [0, 0.1) is 0 Å². The van der Waals surface area contributed by atoms with Crippen LogP contribution in [-0.2, 0) is 24.6 Å². The number of halogens is 6. The van der Waals surface area contributed by atoms with Crippen molar-refractivity contribution in [3.63, 3.8) is 0 Å². The summed E-state index contributed by atoms with van der Waals surface area (Å²) in [6, 6.07) is 15.3.